The van der Waals surface area contributed by atoms with Gasteiger partial charge in [-0.05, 0) is 50.8 Å². The highest BCUT2D eigenvalue weighted by Crippen LogP contribution is 2.58. The highest BCUT2D eigenvalue weighted by molar-refractivity contribution is 6.05. The van der Waals surface area contributed by atoms with E-state index < -0.39 is 16.2 Å². The molecular weight excluding hydrogens is 340 g/mol. The SMILES string of the molecule is CCN(C(=O)C1(C)CC2(C)CC(C)(C1)C(=O)N(C)C2=O)c1cccc(C)c1. The van der Waals surface area contributed by atoms with E-state index in [1.165, 1.54) is 4.90 Å². The summed E-state index contributed by atoms with van der Waals surface area (Å²) in [7, 11) is 1.57. The fourth-order valence-corrected chi connectivity index (χ4v) is 5.69. The second-order valence-corrected chi connectivity index (χ2v) is 9.27. The average Bonchev–Trinajstić information content (AvgIpc) is 2.58. The first-order valence-electron chi connectivity index (χ1n) is 9.67. The molecule has 0 radical (unpaired) electrons. The van der Waals surface area contributed by atoms with Gasteiger partial charge in [-0.15, -0.1) is 0 Å². The Morgan fingerprint density at radius 2 is 1.63 bits per heavy atom. The molecule has 1 aromatic carbocycles. The maximum absolute atomic E-state index is 13.7. The van der Waals surface area contributed by atoms with Crippen molar-refractivity contribution in [1.82, 2.24) is 4.90 Å². The van der Waals surface area contributed by atoms with E-state index in [0.29, 0.717) is 25.8 Å². The van der Waals surface area contributed by atoms with Crippen LogP contribution in [0.1, 0.15) is 52.5 Å². The molecule has 5 heteroatoms. The molecule has 1 heterocycles. The lowest BCUT2D eigenvalue weighted by atomic mass is 9.51. The third kappa shape index (κ3) is 2.97. The fraction of sp³-hybridized carbons (Fsp3) is 0.591. The van der Waals surface area contributed by atoms with E-state index in [4.69, 9.17) is 0 Å². The van der Waals surface area contributed by atoms with Gasteiger partial charge in [0.1, 0.15) is 0 Å². The van der Waals surface area contributed by atoms with Crippen LogP contribution in [0.25, 0.3) is 0 Å². The number of imide groups is 1. The molecule has 27 heavy (non-hydrogen) atoms. The van der Waals surface area contributed by atoms with Crippen molar-refractivity contribution in [2.45, 2.75) is 53.9 Å². The van der Waals surface area contributed by atoms with E-state index in [1.54, 1.807) is 11.9 Å². The molecule has 146 valence electrons. The van der Waals surface area contributed by atoms with E-state index in [9.17, 15) is 14.4 Å². The topological polar surface area (TPSA) is 57.7 Å². The second-order valence-electron chi connectivity index (χ2n) is 9.27. The molecule has 3 rings (SSSR count). The van der Waals surface area contributed by atoms with Gasteiger partial charge in [-0.2, -0.15) is 0 Å². The van der Waals surface area contributed by atoms with Gasteiger partial charge in [-0.3, -0.25) is 19.3 Å². The van der Waals surface area contributed by atoms with Crippen molar-refractivity contribution >= 4 is 23.4 Å². The molecule has 1 aromatic rings. The van der Waals surface area contributed by atoms with Crippen LogP contribution < -0.4 is 4.90 Å². The van der Waals surface area contributed by atoms with Gasteiger partial charge in [0.15, 0.2) is 0 Å². The minimum Gasteiger partial charge on any atom is -0.312 e. The van der Waals surface area contributed by atoms with Gasteiger partial charge >= 0.3 is 0 Å². The Kier molecular flexibility index (Phi) is 4.48. The molecule has 1 aliphatic heterocycles. The van der Waals surface area contributed by atoms with Crippen molar-refractivity contribution < 1.29 is 14.4 Å². The number of nitrogens with zero attached hydrogens (tertiary/aromatic N) is 2. The van der Waals surface area contributed by atoms with Crippen molar-refractivity contribution in [1.29, 1.82) is 0 Å². The monoisotopic (exact) mass is 370 g/mol. The van der Waals surface area contributed by atoms with Crippen LogP contribution in [0.15, 0.2) is 24.3 Å². The van der Waals surface area contributed by atoms with Crippen LogP contribution in [0.5, 0.6) is 0 Å². The second kappa shape index (κ2) is 6.18. The molecule has 0 spiro atoms. The zero-order valence-electron chi connectivity index (χ0n) is 17.3. The zero-order valence-corrected chi connectivity index (χ0v) is 17.3. The number of carbonyl (C=O) groups excluding carboxylic acids is 3. The van der Waals surface area contributed by atoms with Crippen molar-refractivity contribution in [2.75, 3.05) is 18.5 Å². The first-order valence-corrected chi connectivity index (χ1v) is 9.67. The summed E-state index contributed by atoms with van der Waals surface area (Å²) < 4.78 is 0. The zero-order chi connectivity index (χ0) is 20.2. The molecule has 1 saturated heterocycles. The summed E-state index contributed by atoms with van der Waals surface area (Å²) in [4.78, 5) is 42.4. The summed E-state index contributed by atoms with van der Waals surface area (Å²) in [5.74, 6) is -0.331. The van der Waals surface area contributed by atoms with Crippen LogP contribution in [0.2, 0.25) is 0 Å². The predicted molar refractivity (Wildman–Crippen MR) is 105 cm³/mol. The smallest absolute Gasteiger partial charge is 0.234 e. The lowest BCUT2D eigenvalue weighted by Crippen LogP contribution is -2.64. The van der Waals surface area contributed by atoms with E-state index in [-0.39, 0.29) is 17.7 Å². The summed E-state index contributed by atoms with van der Waals surface area (Å²) in [5.41, 5.74) is -0.174. The Hall–Kier alpha value is -2.17. The van der Waals surface area contributed by atoms with Crippen molar-refractivity contribution in [2.24, 2.45) is 16.2 Å². The summed E-state index contributed by atoms with van der Waals surface area (Å²) in [6, 6.07) is 7.89. The molecule has 2 bridgehead atoms. The quantitative estimate of drug-likeness (QED) is 0.765. The Bertz CT molecular complexity index is 788. The number of benzene rings is 1. The Balaban J connectivity index is 2.01. The van der Waals surface area contributed by atoms with Gasteiger partial charge in [0.25, 0.3) is 0 Å². The molecule has 5 nitrogen and oxygen atoms in total. The molecule has 0 aromatic heterocycles. The normalized spacial score (nSPS) is 33.2. The number of anilines is 1. The molecule has 2 fully saturated rings. The summed E-state index contributed by atoms with van der Waals surface area (Å²) in [5, 5.41) is 0. The number of hydrogen-bond donors (Lipinski definition) is 0. The van der Waals surface area contributed by atoms with Gasteiger partial charge in [-0.1, -0.05) is 32.9 Å². The lowest BCUT2D eigenvalue weighted by molar-refractivity contribution is -0.177. The van der Waals surface area contributed by atoms with E-state index in [1.807, 2.05) is 58.9 Å². The maximum atomic E-state index is 13.7. The van der Waals surface area contributed by atoms with Crippen molar-refractivity contribution in [3.8, 4) is 0 Å². The van der Waals surface area contributed by atoms with Gasteiger partial charge in [-0.25, -0.2) is 0 Å². The standard InChI is InChI=1S/C22H30N2O3/c1-7-24(16-10-8-9-15(2)11-16)19(27)22(5)13-20(3)12-21(4,14-22)18(26)23(6)17(20)25/h8-11H,7,12-14H2,1-6H3. The summed E-state index contributed by atoms with van der Waals surface area (Å²) >= 11 is 0. The number of aryl methyl sites for hydroxylation is 1. The molecule has 3 amide bonds. The van der Waals surface area contributed by atoms with Gasteiger partial charge in [0.05, 0.1) is 0 Å². The number of rotatable bonds is 3. The molecule has 2 aliphatic rings. The molecule has 0 N–H and O–H groups in total. The highest BCUT2D eigenvalue weighted by atomic mass is 16.2. The number of carbonyl (C=O) groups is 3. The minimum absolute atomic E-state index is 0.00194. The summed E-state index contributed by atoms with van der Waals surface area (Å²) in [6.07, 6.45) is 1.45. The van der Waals surface area contributed by atoms with Gasteiger partial charge < -0.3 is 4.90 Å². The van der Waals surface area contributed by atoms with Crippen LogP contribution in [-0.4, -0.2) is 36.2 Å². The molecule has 1 saturated carbocycles. The van der Waals surface area contributed by atoms with Crippen LogP contribution in [0, 0.1) is 23.2 Å². The fourth-order valence-electron chi connectivity index (χ4n) is 5.69. The number of amides is 3. The van der Waals surface area contributed by atoms with E-state index in [2.05, 4.69) is 0 Å². The number of likely N-dealkylation sites (tertiary alicyclic amines) is 1. The first kappa shape index (κ1) is 19.6. The number of hydrogen-bond acceptors (Lipinski definition) is 3. The third-order valence-corrected chi connectivity index (χ3v) is 6.37. The number of piperidine rings is 1. The van der Waals surface area contributed by atoms with Crippen LogP contribution in [0.3, 0.4) is 0 Å². The maximum Gasteiger partial charge on any atom is 0.234 e. The Labute approximate surface area is 161 Å². The van der Waals surface area contributed by atoms with Crippen LogP contribution >= 0.6 is 0 Å². The highest BCUT2D eigenvalue weighted by Gasteiger charge is 2.62. The van der Waals surface area contributed by atoms with Gasteiger partial charge in [0, 0.05) is 35.5 Å². The van der Waals surface area contributed by atoms with E-state index >= 15 is 0 Å². The molecule has 2 unspecified atom stereocenters. The van der Waals surface area contributed by atoms with Crippen LogP contribution in [0.4, 0.5) is 5.69 Å². The first-order chi connectivity index (χ1) is 12.5. The summed E-state index contributed by atoms with van der Waals surface area (Å²) in [6.45, 7) is 10.3. The Morgan fingerprint density at radius 3 is 2.11 bits per heavy atom. The predicted octanol–water partition coefficient (Wildman–Crippen LogP) is 3.55. The van der Waals surface area contributed by atoms with Gasteiger partial charge in [0.2, 0.25) is 17.7 Å². The molecule has 2 atom stereocenters. The molecular formula is C22H30N2O3. The Morgan fingerprint density at radius 1 is 1.07 bits per heavy atom. The number of fused-ring (bicyclic) bond motifs is 2. The van der Waals surface area contributed by atoms with Crippen molar-refractivity contribution in [3.05, 3.63) is 29.8 Å². The molecule has 1 aliphatic carbocycles. The van der Waals surface area contributed by atoms with Crippen molar-refractivity contribution in [3.63, 3.8) is 0 Å². The average molecular weight is 370 g/mol. The van der Waals surface area contributed by atoms with E-state index in [0.717, 1.165) is 11.3 Å². The third-order valence-electron chi connectivity index (χ3n) is 6.37. The minimum atomic E-state index is -0.756. The largest absolute Gasteiger partial charge is 0.312 e. The van der Waals surface area contributed by atoms with Crippen LogP contribution in [-0.2, 0) is 14.4 Å². The lowest BCUT2D eigenvalue weighted by Gasteiger charge is -2.56.